The highest BCUT2D eigenvalue weighted by Gasteiger charge is 2.09. The van der Waals surface area contributed by atoms with Gasteiger partial charge in [-0.15, -0.1) is 0 Å². The van der Waals surface area contributed by atoms with Crippen LogP contribution in [-0.4, -0.2) is 26.9 Å². The molecule has 0 radical (unpaired) electrons. The van der Waals surface area contributed by atoms with Gasteiger partial charge in [-0.3, -0.25) is 0 Å². The molecule has 1 aromatic carbocycles. The zero-order valence-corrected chi connectivity index (χ0v) is 9.46. The van der Waals surface area contributed by atoms with Crippen LogP contribution >= 0.6 is 0 Å². The van der Waals surface area contributed by atoms with E-state index in [1.807, 2.05) is 0 Å². The van der Waals surface area contributed by atoms with E-state index in [0.29, 0.717) is 25.6 Å². The molecule has 0 aliphatic carbocycles. The van der Waals surface area contributed by atoms with Gasteiger partial charge in [0.15, 0.2) is 11.6 Å². The predicted octanol–water partition coefficient (Wildman–Crippen LogP) is 1.83. The van der Waals surface area contributed by atoms with Gasteiger partial charge in [0.05, 0.1) is 18.9 Å². The Bertz CT molecular complexity index is 344. The minimum atomic E-state index is -0.488. The minimum Gasteiger partial charge on any atom is -0.491 e. The smallest absolute Gasteiger partial charge is 0.167 e. The fourth-order valence-electron chi connectivity index (χ4n) is 1.18. The number of anilines is 1. The molecule has 16 heavy (non-hydrogen) atoms. The molecule has 0 amide bonds. The fourth-order valence-corrected chi connectivity index (χ4v) is 1.18. The summed E-state index contributed by atoms with van der Waals surface area (Å²) < 4.78 is 28.6. The van der Waals surface area contributed by atoms with E-state index < -0.39 is 5.82 Å². The van der Waals surface area contributed by atoms with Gasteiger partial charge in [-0.1, -0.05) is 0 Å². The molecule has 0 atom stereocenters. The largest absolute Gasteiger partial charge is 0.491 e. The van der Waals surface area contributed by atoms with Crippen molar-refractivity contribution in [2.75, 3.05) is 32.7 Å². The van der Waals surface area contributed by atoms with Gasteiger partial charge in [0.25, 0.3) is 0 Å². The molecule has 1 rings (SSSR count). The first kappa shape index (κ1) is 12.6. The number of benzene rings is 1. The second-order valence-corrected chi connectivity index (χ2v) is 3.09. The van der Waals surface area contributed by atoms with Crippen molar-refractivity contribution >= 4 is 5.69 Å². The van der Waals surface area contributed by atoms with Crippen LogP contribution in [0.1, 0.15) is 6.92 Å². The summed E-state index contributed by atoms with van der Waals surface area (Å²) >= 11 is 0. The van der Waals surface area contributed by atoms with E-state index in [1.165, 1.54) is 12.1 Å². The zero-order valence-electron chi connectivity index (χ0n) is 9.46. The molecule has 0 fully saturated rings. The quantitative estimate of drug-likeness (QED) is 0.597. The van der Waals surface area contributed by atoms with Gasteiger partial charge >= 0.3 is 0 Å². The van der Waals surface area contributed by atoms with Crippen LogP contribution in [0.15, 0.2) is 12.1 Å². The number of methoxy groups -OCH3 is 1. The highest BCUT2D eigenvalue weighted by Crippen LogP contribution is 2.30. The Morgan fingerprint density at radius 2 is 1.94 bits per heavy atom. The fraction of sp³-hybridized carbons (Fsp3) is 0.455. The Labute approximate surface area is 94.1 Å². The monoisotopic (exact) mass is 229 g/mol. The molecule has 0 unspecified atom stereocenters. The van der Waals surface area contributed by atoms with Gasteiger partial charge in [-0.2, -0.15) is 0 Å². The first-order valence-corrected chi connectivity index (χ1v) is 5.02. The Kier molecular flexibility index (Phi) is 4.85. The van der Waals surface area contributed by atoms with Gasteiger partial charge in [0, 0.05) is 19.2 Å². The van der Waals surface area contributed by atoms with Gasteiger partial charge in [-0.05, 0) is 6.92 Å². The van der Waals surface area contributed by atoms with Crippen molar-refractivity contribution in [3.63, 3.8) is 0 Å². The first-order chi connectivity index (χ1) is 7.69. The third kappa shape index (κ3) is 3.27. The lowest BCUT2D eigenvalue weighted by Crippen LogP contribution is -2.07. The Hall–Kier alpha value is -1.49. The summed E-state index contributed by atoms with van der Waals surface area (Å²) in [7, 11) is 1.57. The molecule has 0 aliphatic rings. The summed E-state index contributed by atoms with van der Waals surface area (Å²) in [5.41, 5.74) is 5.85. The lowest BCUT2D eigenvalue weighted by Gasteiger charge is -2.11. The van der Waals surface area contributed by atoms with Crippen molar-refractivity contribution in [1.29, 1.82) is 0 Å². The second kappa shape index (κ2) is 6.17. The van der Waals surface area contributed by atoms with Crippen molar-refractivity contribution in [3.8, 4) is 11.5 Å². The number of hydrogen-bond acceptors (Lipinski definition) is 4. The van der Waals surface area contributed by atoms with Crippen LogP contribution < -0.4 is 15.2 Å². The van der Waals surface area contributed by atoms with Gasteiger partial charge in [-0.25, -0.2) is 4.39 Å². The molecule has 0 aromatic heterocycles. The van der Waals surface area contributed by atoms with Crippen molar-refractivity contribution in [3.05, 3.63) is 17.9 Å². The summed E-state index contributed by atoms with van der Waals surface area (Å²) in [6.45, 7) is 2.97. The summed E-state index contributed by atoms with van der Waals surface area (Å²) in [5.74, 6) is 0.0597. The molecule has 0 bridgehead atoms. The molecule has 90 valence electrons. The van der Waals surface area contributed by atoms with Crippen LogP contribution in [0, 0.1) is 5.82 Å². The molecule has 0 saturated heterocycles. The maximum absolute atomic E-state index is 13.3. The van der Waals surface area contributed by atoms with Crippen molar-refractivity contribution in [1.82, 2.24) is 0 Å². The standard InChI is InChI=1S/C11H16FNO3/c1-3-15-10-7-11(16-5-4-14-2)9(13)6-8(10)12/h6-7H,3-5,13H2,1-2H3. The van der Waals surface area contributed by atoms with Gasteiger partial charge in [0.1, 0.15) is 12.4 Å². The number of halogens is 1. The van der Waals surface area contributed by atoms with Crippen LogP contribution in [0.3, 0.4) is 0 Å². The maximum Gasteiger partial charge on any atom is 0.167 e. The van der Waals surface area contributed by atoms with Crippen LogP contribution in [0.4, 0.5) is 10.1 Å². The number of nitrogens with two attached hydrogens (primary N) is 1. The third-order valence-corrected chi connectivity index (χ3v) is 1.91. The molecule has 0 aliphatic heterocycles. The Morgan fingerprint density at radius 3 is 2.56 bits per heavy atom. The van der Waals surface area contributed by atoms with Crippen LogP contribution in [0.25, 0.3) is 0 Å². The lowest BCUT2D eigenvalue weighted by atomic mass is 10.2. The predicted molar refractivity (Wildman–Crippen MR) is 59.4 cm³/mol. The average Bonchev–Trinajstić information content (AvgIpc) is 2.25. The number of hydrogen-bond donors (Lipinski definition) is 1. The summed E-state index contributed by atoms with van der Waals surface area (Å²) in [5, 5.41) is 0. The van der Waals surface area contributed by atoms with E-state index in [2.05, 4.69) is 0 Å². The topological polar surface area (TPSA) is 53.7 Å². The van der Waals surface area contributed by atoms with E-state index in [1.54, 1.807) is 14.0 Å². The normalized spacial score (nSPS) is 10.2. The Morgan fingerprint density at radius 1 is 1.19 bits per heavy atom. The number of nitrogen functional groups attached to an aromatic ring is 1. The van der Waals surface area contributed by atoms with Gasteiger partial charge < -0.3 is 19.9 Å². The van der Waals surface area contributed by atoms with E-state index in [9.17, 15) is 4.39 Å². The SMILES string of the molecule is CCOc1cc(OCCOC)c(N)cc1F. The van der Waals surface area contributed by atoms with Crippen molar-refractivity contribution < 1.29 is 18.6 Å². The second-order valence-electron chi connectivity index (χ2n) is 3.09. The molecule has 4 nitrogen and oxygen atoms in total. The highest BCUT2D eigenvalue weighted by atomic mass is 19.1. The van der Waals surface area contributed by atoms with Gasteiger partial charge in [0.2, 0.25) is 0 Å². The van der Waals surface area contributed by atoms with E-state index in [4.69, 9.17) is 19.9 Å². The first-order valence-electron chi connectivity index (χ1n) is 5.02. The zero-order chi connectivity index (χ0) is 12.0. The molecular formula is C11H16FNO3. The van der Waals surface area contributed by atoms with Crippen molar-refractivity contribution in [2.45, 2.75) is 6.92 Å². The summed E-state index contributed by atoms with van der Waals surface area (Å²) in [6.07, 6.45) is 0. The number of ether oxygens (including phenoxy) is 3. The molecule has 0 heterocycles. The molecule has 0 spiro atoms. The molecule has 2 N–H and O–H groups in total. The summed E-state index contributed by atoms with van der Waals surface area (Å²) in [6, 6.07) is 2.64. The maximum atomic E-state index is 13.3. The molecule has 5 heteroatoms. The molecule has 1 aromatic rings. The summed E-state index contributed by atoms with van der Waals surface area (Å²) in [4.78, 5) is 0. The van der Waals surface area contributed by atoms with E-state index in [0.717, 1.165) is 0 Å². The van der Waals surface area contributed by atoms with Crippen LogP contribution in [0.5, 0.6) is 11.5 Å². The Balaban J connectivity index is 2.78. The molecule has 0 saturated carbocycles. The third-order valence-electron chi connectivity index (χ3n) is 1.91. The number of rotatable bonds is 6. The lowest BCUT2D eigenvalue weighted by molar-refractivity contribution is 0.146. The van der Waals surface area contributed by atoms with E-state index >= 15 is 0 Å². The highest BCUT2D eigenvalue weighted by molar-refractivity contribution is 5.56. The van der Waals surface area contributed by atoms with Crippen molar-refractivity contribution in [2.24, 2.45) is 0 Å². The molecular weight excluding hydrogens is 213 g/mol. The van der Waals surface area contributed by atoms with Crippen LogP contribution in [0.2, 0.25) is 0 Å². The van der Waals surface area contributed by atoms with E-state index in [-0.39, 0.29) is 11.4 Å². The van der Waals surface area contributed by atoms with Crippen LogP contribution in [-0.2, 0) is 4.74 Å². The minimum absolute atomic E-state index is 0.143. The average molecular weight is 229 g/mol.